The standard InChI is InChI=1S/C20H23N3O2S2/c1-12(2)19(16-5-4-10-26-16)23-18(25)9-7-14-6-8-15-17(11-14)27-20(22-15)21-13(3)24/h4-6,8,10-12,19H,7,9H2,1-3H3,(H,23,25)(H,21,22,24)/t19-/m0/s1. The van der Waals surface area contributed by atoms with Crippen molar-refractivity contribution in [2.75, 3.05) is 5.32 Å². The summed E-state index contributed by atoms with van der Waals surface area (Å²) >= 11 is 3.12. The molecule has 0 saturated heterocycles. The number of nitrogens with zero attached hydrogens (tertiary/aromatic N) is 1. The first kappa shape index (κ1) is 19.5. The smallest absolute Gasteiger partial charge is 0.223 e. The number of carbonyl (C=O) groups excluding carboxylic acids is 2. The number of thiophene rings is 1. The molecule has 3 aromatic rings. The Kier molecular flexibility index (Phi) is 6.23. The molecule has 0 bridgehead atoms. The number of rotatable bonds is 7. The Morgan fingerprint density at radius 3 is 2.70 bits per heavy atom. The zero-order chi connectivity index (χ0) is 19.4. The van der Waals surface area contributed by atoms with E-state index in [0.717, 1.165) is 15.8 Å². The van der Waals surface area contributed by atoms with Crippen LogP contribution in [0.2, 0.25) is 0 Å². The zero-order valence-corrected chi connectivity index (χ0v) is 17.2. The molecule has 0 aliphatic carbocycles. The monoisotopic (exact) mass is 401 g/mol. The maximum Gasteiger partial charge on any atom is 0.223 e. The van der Waals surface area contributed by atoms with Crippen LogP contribution in [0, 0.1) is 5.92 Å². The molecular formula is C20H23N3O2S2. The van der Waals surface area contributed by atoms with Crippen molar-refractivity contribution in [3.8, 4) is 0 Å². The first-order valence-electron chi connectivity index (χ1n) is 8.92. The average Bonchev–Trinajstić information content (AvgIpc) is 3.25. The molecule has 7 heteroatoms. The lowest BCUT2D eigenvalue weighted by atomic mass is 10.0. The minimum absolute atomic E-state index is 0.0571. The molecule has 27 heavy (non-hydrogen) atoms. The lowest BCUT2D eigenvalue weighted by Crippen LogP contribution is -2.31. The largest absolute Gasteiger partial charge is 0.348 e. The van der Waals surface area contributed by atoms with Gasteiger partial charge in [-0.2, -0.15) is 0 Å². The van der Waals surface area contributed by atoms with Gasteiger partial charge in [-0.3, -0.25) is 9.59 Å². The minimum Gasteiger partial charge on any atom is -0.348 e. The number of aryl methyl sites for hydroxylation is 1. The van der Waals surface area contributed by atoms with Crippen molar-refractivity contribution in [3.63, 3.8) is 0 Å². The van der Waals surface area contributed by atoms with Crippen LogP contribution in [0.5, 0.6) is 0 Å². The Balaban J connectivity index is 1.61. The number of nitrogens with one attached hydrogen (secondary N) is 2. The molecule has 2 amide bonds. The number of amides is 2. The molecule has 0 aliphatic heterocycles. The summed E-state index contributed by atoms with van der Waals surface area (Å²) in [5.41, 5.74) is 1.95. The van der Waals surface area contributed by atoms with Crippen LogP contribution in [0.3, 0.4) is 0 Å². The number of hydrogen-bond donors (Lipinski definition) is 2. The van der Waals surface area contributed by atoms with E-state index in [1.165, 1.54) is 23.1 Å². The summed E-state index contributed by atoms with van der Waals surface area (Å²) in [5, 5.41) is 8.52. The number of anilines is 1. The first-order chi connectivity index (χ1) is 12.9. The minimum atomic E-state index is -0.128. The fourth-order valence-electron chi connectivity index (χ4n) is 2.87. The summed E-state index contributed by atoms with van der Waals surface area (Å²) in [5.74, 6) is 0.273. The highest BCUT2D eigenvalue weighted by atomic mass is 32.1. The van der Waals surface area contributed by atoms with Crippen LogP contribution in [-0.2, 0) is 16.0 Å². The second kappa shape index (κ2) is 8.63. The van der Waals surface area contributed by atoms with Crippen LogP contribution < -0.4 is 10.6 Å². The molecule has 142 valence electrons. The predicted molar refractivity (Wildman–Crippen MR) is 112 cm³/mol. The lowest BCUT2D eigenvalue weighted by Gasteiger charge is -2.21. The van der Waals surface area contributed by atoms with E-state index in [1.807, 2.05) is 29.6 Å². The van der Waals surface area contributed by atoms with Gasteiger partial charge in [0.2, 0.25) is 11.8 Å². The van der Waals surface area contributed by atoms with Gasteiger partial charge in [0, 0.05) is 18.2 Å². The van der Waals surface area contributed by atoms with Gasteiger partial charge in [0.05, 0.1) is 16.3 Å². The molecular weight excluding hydrogens is 378 g/mol. The molecule has 5 nitrogen and oxygen atoms in total. The average molecular weight is 402 g/mol. The Morgan fingerprint density at radius 1 is 1.22 bits per heavy atom. The number of aromatic nitrogens is 1. The third-order valence-corrected chi connectivity index (χ3v) is 6.10. The zero-order valence-electron chi connectivity index (χ0n) is 15.6. The highest BCUT2D eigenvalue weighted by Crippen LogP contribution is 2.28. The van der Waals surface area contributed by atoms with Crippen molar-refractivity contribution in [1.29, 1.82) is 0 Å². The maximum absolute atomic E-state index is 12.5. The fourth-order valence-corrected chi connectivity index (χ4v) is 4.79. The van der Waals surface area contributed by atoms with Crippen molar-refractivity contribution in [3.05, 3.63) is 46.2 Å². The van der Waals surface area contributed by atoms with E-state index >= 15 is 0 Å². The van der Waals surface area contributed by atoms with Gasteiger partial charge in [0.15, 0.2) is 5.13 Å². The molecule has 2 N–H and O–H groups in total. The number of thiazole rings is 1. The van der Waals surface area contributed by atoms with Crippen molar-refractivity contribution >= 4 is 49.8 Å². The van der Waals surface area contributed by atoms with E-state index < -0.39 is 0 Å². The molecule has 1 aromatic carbocycles. The molecule has 0 aliphatic rings. The molecule has 2 heterocycles. The molecule has 2 aromatic heterocycles. The maximum atomic E-state index is 12.5. The van der Waals surface area contributed by atoms with Gasteiger partial charge in [-0.25, -0.2) is 4.98 Å². The van der Waals surface area contributed by atoms with Crippen LogP contribution in [0.25, 0.3) is 10.2 Å². The van der Waals surface area contributed by atoms with Crippen LogP contribution in [0.15, 0.2) is 35.7 Å². The molecule has 0 fully saturated rings. The third kappa shape index (κ3) is 5.14. The fraction of sp³-hybridized carbons (Fsp3) is 0.350. The van der Waals surface area contributed by atoms with E-state index in [4.69, 9.17) is 0 Å². The van der Waals surface area contributed by atoms with Crippen molar-refractivity contribution in [1.82, 2.24) is 10.3 Å². The summed E-state index contributed by atoms with van der Waals surface area (Å²) in [4.78, 5) is 29.2. The topological polar surface area (TPSA) is 71.1 Å². The van der Waals surface area contributed by atoms with Gasteiger partial charge in [-0.05, 0) is 41.5 Å². The second-order valence-corrected chi connectivity index (χ2v) is 8.82. The Bertz CT molecular complexity index is 932. The molecule has 0 radical (unpaired) electrons. The van der Waals surface area contributed by atoms with E-state index in [1.54, 1.807) is 11.3 Å². The van der Waals surface area contributed by atoms with Crippen LogP contribution in [0.4, 0.5) is 5.13 Å². The summed E-state index contributed by atoms with van der Waals surface area (Å²) < 4.78 is 1.01. The number of benzene rings is 1. The number of fused-ring (bicyclic) bond motifs is 1. The molecule has 0 spiro atoms. The molecule has 0 unspecified atom stereocenters. The van der Waals surface area contributed by atoms with E-state index in [2.05, 4.69) is 35.5 Å². The number of carbonyl (C=O) groups is 2. The van der Waals surface area contributed by atoms with Gasteiger partial charge in [0.25, 0.3) is 0 Å². The van der Waals surface area contributed by atoms with Crippen molar-refractivity contribution in [2.24, 2.45) is 5.92 Å². The predicted octanol–water partition coefficient (Wildman–Crippen LogP) is 4.76. The summed E-state index contributed by atoms with van der Waals surface area (Å²) in [6, 6.07) is 10.1. The van der Waals surface area contributed by atoms with Gasteiger partial charge in [-0.15, -0.1) is 11.3 Å². The third-order valence-electron chi connectivity index (χ3n) is 4.21. The van der Waals surface area contributed by atoms with E-state index in [-0.39, 0.29) is 17.9 Å². The van der Waals surface area contributed by atoms with Crippen LogP contribution >= 0.6 is 22.7 Å². The highest BCUT2D eigenvalue weighted by Gasteiger charge is 2.19. The Hall–Kier alpha value is -2.25. The molecule has 3 rings (SSSR count). The van der Waals surface area contributed by atoms with Crippen molar-refractivity contribution < 1.29 is 9.59 Å². The molecule has 1 atom stereocenters. The Labute approximate surface area is 166 Å². The van der Waals surface area contributed by atoms with Gasteiger partial charge >= 0.3 is 0 Å². The molecule has 0 saturated carbocycles. The normalized spacial score (nSPS) is 12.3. The van der Waals surface area contributed by atoms with Gasteiger partial charge in [0.1, 0.15) is 0 Å². The SMILES string of the molecule is CC(=O)Nc1nc2ccc(CCC(=O)N[C@H](c3cccs3)C(C)C)cc2s1. The highest BCUT2D eigenvalue weighted by molar-refractivity contribution is 7.22. The van der Waals surface area contributed by atoms with Gasteiger partial charge in [-0.1, -0.05) is 37.3 Å². The van der Waals surface area contributed by atoms with Crippen LogP contribution in [-0.4, -0.2) is 16.8 Å². The Morgan fingerprint density at radius 2 is 2.04 bits per heavy atom. The van der Waals surface area contributed by atoms with Crippen molar-refractivity contribution in [2.45, 2.75) is 39.7 Å². The summed E-state index contributed by atoms with van der Waals surface area (Å²) in [7, 11) is 0. The summed E-state index contributed by atoms with van der Waals surface area (Å²) in [6.07, 6.45) is 1.11. The number of hydrogen-bond acceptors (Lipinski definition) is 5. The quantitative estimate of drug-likeness (QED) is 0.599. The lowest BCUT2D eigenvalue weighted by molar-refractivity contribution is -0.122. The van der Waals surface area contributed by atoms with Gasteiger partial charge < -0.3 is 10.6 Å². The van der Waals surface area contributed by atoms with E-state index in [0.29, 0.717) is 23.9 Å². The van der Waals surface area contributed by atoms with E-state index in [9.17, 15) is 9.59 Å². The first-order valence-corrected chi connectivity index (χ1v) is 10.6. The second-order valence-electron chi connectivity index (χ2n) is 6.81. The summed E-state index contributed by atoms with van der Waals surface area (Å²) in [6.45, 7) is 5.71. The van der Waals surface area contributed by atoms with Crippen LogP contribution in [0.1, 0.15) is 43.7 Å².